The average Bonchev–Trinajstić information content (AvgIpc) is 2.52. The largest absolute Gasteiger partial charge is 0.393 e. The molecular formula is C16H15F3N4. The molecule has 120 valence electrons. The summed E-state index contributed by atoms with van der Waals surface area (Å²) in [6.07, 6.45) is -4.35. The molecule has 23 heavy (non-hydrogen) atoms. The highest BCUT2D eigenvalue weighted by molar-refractivity contribution is 5.85. The summed E-state index contributed by atoms with van der Waals surface area (Å²) in [6.45, 7) is 0.157. The van der Waals surface area contributed by atoms with E-state index in [-0.39, 0.29) is 13.0 Å². The van der Waals surface area contributed by atoms with Crippen molar-refractivity contribution in [3.63, 3.8) is 0 Å². The molecule has 2 atom stereocenters. The van der Waals surface area contributed by atoms with Crippen LogP contribution in [0.3, 0.4) is 0 Å². The number of halogens is 3. The molecule has 0 amide bonds. The molecule has 0 unspecified atom stereocenters. The molecular weight excluding hydrogens is 305 g/mol. The standard InChI is InChI=1S/C16H15F3N4/c17-16(18,19)12-6-13(21)9-23(8-12)14-5-4-10-2-1-3-11(7-20)15(10)22-14/h1-5,12-13H,6,8-9,21H2/t12-,13+/m0/s1. The first kappa shape index (κ1) is 15.6. The van der Waals surface area contributed by atoms with Crippen LogP contribution in [0.4, 0.5) is 19.0 Å². The molecule has 3 rings (SSSR count). The van der Waals surface area contributed by atoms with Crippen molar-refractivity contribution >= 4 is 16.7 Å². The molecule has 1 aliphatic rings. The van der Waals surface area contributed by atoms with Crippen LogP contribution in [-0.2, 0) is 0 Å². The van der Waals surface area contributed by atoms with Gasteiger partial charge in [0, 0.05) is 24.5 Å². The Balaban J connectivity index is 1.98. The lowest BCUT2D eigenvalue weighted by atomic mass is 9.94. The molecule has 0 radical (unpaired) electrons. The second-order valence-electron chi connectivity index (χ2n) is 5.80. The highest BCUT2D eigenvalue weighted by Crippen LogP contribution is 2.34. The van der Waals surface area contributed by atoms with E-state index in [1.807, 2.05) is 6.07 Å². The predicted molar refractivity (Wildman–Crippen MR) is 80.8 cm³/mol. The Morgan fingerprint density at radius 1 is 1.22 bits per heavy atom. The SMILES string of the molecule is N#Cc1cccc2ccc(N3C[C@H](N)C[C@H](C(F)(F)F)C3)nc12. The third-order valence-corrected chi connectivity index (χ3v) is 4.10. The number of nitriles is 1. The van der Waals surface area contributed by atoms with Crippen LogP contribution in [0.1, 0.15) is 12.0 Å². The van der Waals surface area contributed by atoms with E-state index >= 15 is 0 Å². The molecule has 1 fully saturated rings. The monoisotopic (exact) mass is 320 g/mol. The topological polar surface area (TPSA) is 65.9 Å². The maximum absolute atomic E-state index is 13.0. The van der Waals surface area contributed by atoms with Crippen LogP contribution in [0.15, 0.2) is 30.3 Å². The van der Waals surface area contributed by atoms with Gasteiger partial charge in [0.2, 0.25) is 0 Å². The number of anilines is 1. The van der Waals surface area contributed by atoms with Crippen molar-refractivity contribution in [2.24, 2.45) is 11.7 Å². The number of hydrogen-bond acceptors (Lipinski definition) is 4. The molecule has 7 heteroatoms. The smallest absolute Gasteiger partial charge is 0.354 e. The van der Waals surface area contributed by atoms with Crippen molar-refractivity contribution in [3.05, 3.63) is 35.9 Å². The molecule has 2 aromatic rings. The molecule has 0 saturated carbocycles. The fourth-order valence-corrected chi connectivity index (χ4v) is 2.97. The van der Waals surface area contributed by atoms with Crippen molar-refractivity contribution in [2.45, 2.75) is 18.6 Å². The zero-order valence-electron chi connectivity index (χ0n) is 12.2. The Kier molecular flexibility index (Phi) is 3.86. The summed E-state index contributed by atoms with van der Waals surface area (Å²) < 4.78 is 39.1. The highest BCUT2D eigenvalue weighted by Gasteiger charge is 2.44. The summed E-state index contributed by atoms with van der Waals surface area (Å²) in [7, 11) is 0. The Morgan fingerprint density at radius 3 is 2.70 bits per heavy atom. The van der Waals surface area contributed by atoms with E-state index in [9.17, 15) is 13.2 Å². The summed E-state index contributed by atoms with van der Waals surface area (Å²) in [5.41, 5.74) is 6.69. The normalized spacial score (nSPS) is 22.1. The minimum Gasteiger partial charge on any atom is -0.354 e. The predicted octanol–water partition coefficient (Wildman–Crippen LogP) is 2.82. The number of pyridine rings is 1. The zero-order valence-corrected chi connectivity index (χ0v) is 12.2. The molecule has 1 aliphatic heterocycles. The van der Waals surface area contributed by atoms with Crippen LogP contribution in [0.5, 0.6) is 0 Å². The number of nitrogens with zero attached hydrogens (tertiary/aromatic N) is 3. The first-order valence-electron chi connectivity index (χ1n) is 7.25. The second kappa shape index (κ2) is 5.70. The van der Waals surface area contributed by atoms with Gasteiger partial charge in [0.05, 0.1) is 17.0 Å². The van der Waals surface area contributed by atoms with E-state index in [2.05, 4.69) is 11.1 Å². The van der Waals surface area contributed by atoms with Gasteiger partial charge in [0.15, 0.2) is 0 Å². The van der Waals surface area contributed by atoms with Crippen LogP contribution in [-0.4, -0.2) is 30.3 Å². The number of hydrogen-bond donors (Lipinski definition) is 1. The van der Waals surface area contributed by atoms with Crippen molar-refractivity contribution in [1.82, 2.24) is 4.98 Å². The summed E-state index contributed by atoms with van der Waals surface area (Å²) in [4.78, 5) is 5.96. The van der Waals surface area contributed by atoms with E-state index < -0.39 is 18.1 Å². The molecule has 4 nitrogen and oxygen atoms in total. The van der Waals surface area contributed by atoms with Crippen molar-refractivity contribution in [2.75, 3.05) is 18.0 Å². The second-order valence-corrected chi connectivity index (χ2v) is 5.80. The van der Waals surface area contributed by atoms with Crippen molar-refractivity contribution in [3.8, 4) is 6.07 Å². The maximum atomic E-state index is 13.0. The van der Waals surface area contributed by atoms with Crippen LogP contribution in [0.2, 0.25) is 0 Å². The van der Waals surface area contributed by atoms with E-state index in [0.29, 0.717) is 23.4 Å². The lowest BCUT2D eigenvalue weighted by Crippen LogP contribution is -2.51. The number of piperidine rings is 1. The van der Waals surface area contributed by atoms with Gasteiger partial charge in [-0.1, -0.05) is 12.1 Å². The Labute approximate surface area is 131 Å². The lowest BCUT2D eigenvalue weighted by molar-refractivity contribution is -0.177. The maximum Gasteiger partial charge on any atom is 0.393 e. The number of rotatable bonds is 1. The molecule has 1 saturated heterocycles. The number of alkyl halides is 3. The zero-order chi connectivity index (χ0) is 16.6. The third-order valence-electron chi connectivity index (χ3n) is 4.10. The number of para-hydroxylation sites is 1. The Hall–Kier alpha value is -2.33. The summed E-state index contributed by atoms with van der Waals surface area (Å²) >= 11 is 0. The van der Waals surface area contributed by atoms with Crippen molar-refractivity contribution < 1.29 is 13.2 Å². The fraction of sp³-hybridized carbons (Fsp3) is 0.375. The summed E-state index contributed by atoms with van der Waals surface area (Å²) in [6, 6.07) is 10.1. The van der Waals surface area contributed by atoms with Crippen LogP contribution < -0.4 is 10.6 Å². The van der Waals surface area contributed by atoms with Crippen LogP contribution >= 0.6 is 0 Å². The number of benzene rings is 1. The van der Waals surface area contributed by atoms with Gasteiger partial charge >= 0.3 is 6.18 Å². The van der Waals surface area contributed by atoms with Gasteiger partial charge in [0.1, 0.15) is 11.9 Å². The van der Waals surface area contributed by atoms with Crippen LogP contribution in [0, 0.1) is 17.2 Å². The molecule has 2 heterocycles. The van der Waals surface area contributed by atoms with E-state index in [1.54, 1.807) is 29.2 Å². The molecule has 1 aromatic carbocycles. The fourth-order valence-electron chi connectivity index (χ4n) is 2.97. The van der Waals surface area contributed by atoms with Gasteiger partial charge in [-0.15, -0.1) is 0 Å². The quantitative estimate of drug-likeness (QED) is 0.877. The Morgan fingerprint density at radius 2 is 2.00 bits per heavy atom. The lowest BCUT2D eigenvalue weighted by Gasteiger charge is -2.37. The number of aromatic nitrogens is 1. The molecule has 0 bridgehead atoms. The number of nitrogens with two attached hydrogens (primary N) is 1. The third kappa shape index (κ3) is 3.08. The van der Waals surface area contributed by atoms with Gasteiger partial charge in [-0.25, -0.2) is 4.98 Å². The first-order chi connectivity index (χ1) is 10.9. The molecule has 0 aliphatic carbocycles. The van der Waals surface area contributed by atoms with E-state index in [1.165, 1.54) is 0 Å². The average molecular weight is 320 g/mol. The van der Waals surface area contributed by atoms with Gasteiger partial charge in [0.25, 0.3) is 0 Å². The molecule has 0 spiro atoms. The summed E-state index contributed by atoms with van der Waals surface area (Å²) in [5, 5.41) is 9.93. The van der Waals surface area contributed by atoms with E-state index in [0.717, 1.165) is 5.39 Å². The van der Waals surface area contributed by atoms with Gasteiger partial charge in [-0.05, 0) is 24.6 Å². The molecule has 1 aromatic heterocycles. The Bertz CT molecular complexity index is 766. The van der Waals surface area contributed by atoms with Crippen molar-refractivity contribution in [1.29, 1.82) is 5.26 Å². The summed E-state index contributed by atoms with van der Waals surface area (Å²) in [5.74, 6) is -1.04. The van der Waals surface area contributed by atoms with Gasteiger partial charge in [-0.3, -0.25) is 0 Å². The number of fused-ring (bicyclic) bond motifs is 1. The van der Waals surface area contributed by atoms with E-state index in [4.69, 9.17) is 11.0 Å². The van der Waals surface area contributed by atoms with Gasteiger partial charge in [-0.2, -0.15) is 18.4 Å². The van der Waals surface area contributed by atoms with Crippen LogP contribution in [0.25, 0.3) is 10.9 Å². The minimum absolute atomic E-state index is 0.0724. The first-order valence-corrected chi connectivity index (χ1v) is 7.25. The highest BCUT2D eigenvalue weighted by atomic mass is 19.4. The minimum atomic E-state index is -4.27. The van der Waals surface area contributed by atoms with Gasteiger partial charge < -0.3 is 10.6 Å². The molecule has 2 N–H and O–H groups in total.